The largest absolute Gasteiger partial charge is 0.492 e. The van der Waals surface area contributed by atoms with Gasteiger partial charge in [0, 0.05) is 49.7 Å². The molecule has 0 bridgehead atoms. The molecule has 1 aliphatic rings. The number of benzene rings is 2. The third kappa shape index (κ3) is 5.38. The smallest absolute Gasteiger partial charge is 0.255 e. The van der Waals surface area contributed by atoms with Crippen LogP contribution in [-0.4, -0.2) is 59.3 Å². The minimum atomic E-state index is -0.350. The molecule has 3 aromatic rings. The normalized spacial score (nSPS) is 14.1. The van der Waals surface area contributed by atoms with Crippen molar-refractivity contribution in [2.75, 3.05) is 38.1 Å². The summed E-state index contributed by atoms with van der Waals surface area (Å²) in [4.78, 5) is 26.3. The molecule has 0 aliphatic carbocycles. The Morgan fingerprint density at radius 3 is 2.82 bits per heavy atom. The quantitative estimate of drug-likeness (QED) is 0.577. The van der Waals surface area contributed by atoms with Crippen molar-refractivity contribution in [3.63, 3.8) is 0 Å². The Kier molecular flexibility index (Phi) is 6.69. The number of nitrogens with zero attached hydrogens (tertiary/aromatic N) is 3. The molecule has 2 amide bonds. The third-order valence-corrected chi connectivity index (χ3v) is 5.54. The van der Waals surface area contributed by atoms with Gasteiger partial charge in [0.05, 0.1) is 12.2 Å². The number of anilines is 1. The van der Waals surface area contributed by atoms with Gasteiger partial charge in [-0.05, 0) is 55.0 Å². The molecule has 4 rings (SSSR count). The summed E-state index contributed by atoms with van der Waals surface area (Å²) in [6.07, 6.45) is 1.69. The van der Waals surface area contributed by atoms with E-state index in [1.807, 2.05) is 24.1 Å². The van der Waals surface area contributed by atoms with Crippen LogP contribution in [0.25, 0.3) is 11.3 Å². The number of hydrogen-bond acceptors (Lipinski definition) is 5. The standard InChI is InChI=1S/C24H26FN5O3/c1-16-13-17(3-5-20(16)25)24(32)28-18-4-6-22(19(14-18)21-7-8-27-29(21)2)33-12-11-30-10-9-26-23(31)15-30/h3-8,13-14H,9-12,15H2,1-2H3,(H,26,31)(H,28,32). The molecule has 0 saturated carbocycles. The van der Waals surface area contributed by atoms with E-state index in [9.17, 15) is 14.0 Å². The fourth-order valence-electron chi connectivity index (χ4n) is 3.73. The van der Waals surface area contributed by atoms with Crippen molar-refractivity contribution in [1.29, 1.82) is 0 Å². The summed E-state index contributed by atoms with van der Waals surface area (Å²) in [7, 11) is 1.83. The molecule has 2 N–H and O–H groups in total. The van der Waals surface area contributed by atoms with E-state index in [2.05, 4.69) is 15.7 Å². The third-order valence-electron chi connectivity index (χ3n) is 5.54. The van der Waals surface area contributed by atoms with Gasteiger partial charge in [0.2, 0.25) is 5.91 Å². The van der Waals surface area contributed by atoms with Gasteiger partial charge >= 0.3 is 0 Å². The number of carbonyl (C=O) groups excluding carboxylic acids is 2. The molecule has 9 heteroatoms. The first-order valence-corrected chi connectivity index (χ1v) is 10.7. The van der Waals surface area contributed by atoms with Crippen LogP contribution in [0.15, 0.2) is 48.7 Å². The first-order valence-electron chi connectivity index (χ1n) is 10.7. The predicted molar refractivity (Wildman–Crippen MR) is 123 cm³/mol. The number of aromatic nitrogens is 2. The number of ether oxygens (including phenoxy) is 1. The van der Waals surface area contributed by atoms with E-state index < -0.39 is 0 Å². The van der Waals surface area contributed by atoms with Gasteiger partial charge in [-0.3, -0.25) is 19.2 Å². The molecule has 8 nitrogen and oxygen atoms in total. The highest BCUT2D eigenvalue weighted by molar-refractivity contribution is 6.04. The maximum absolute atomic E-state index is 13.5. The number of rotatable bonds is 7. The maximum atomic E-state index is 13.5. The van der Waals surface area contributed by atoms with Gasteiger partial charge in [0.1, 0.15) is 18.2 Å². The average molecular weight is 452 g/mol. The molecule has 0 atom stereocenters. The fourth-order valence-corrected chi connectivity index (χ4v) is 3.73. The van der Waals surface area contributed by atoms with Crippen molar-refractivity contribution < 1.29 is 18.7 Å². The van der Waals surface area contributed by atoms with Crippen LogP contribution in [0.3, 0.4) is 0 Å². The van der Waals surface area contributed by atoms with Crippen molar-refractivity contribution in [2.45, 2.75) is 6.92 Å². The Hall–Kier alpha value is -3.72. The molecule has 1 fully saturated rings. The Balaban J connectivity index is 1.51. The number of amides is 2. The van der Waals surface area contributed by atoms with Gasteiger partial charge in [-0.15, -0.1) is 0 Å². The molecule has 2 aromatic carbocycles. The summed E-state index contributed by atoms with van der Waals surface area (Å²) >= 11 is 0. The molecule has 33 heavy (non-hydrogen) atoms. The lowest BCUT2D eigenvalue weighted by molar-refractivity contribution is -0.124. The lowest BCUT2D eigenvalue weighted by Gasteiger charge is -2.26. The zero-order valence-corrected chi connectivity index (χ0v) is 18.6. The van der Waals surface area contributed by atoms with Crippen molar-refractivity contribution >= 4 is 17.5 Å². The predicted octanol–water partition coefficient (Wildman–Crippen LogP) is 2.60. The average Bonchev–Trinajstić information content (AvgIpc) is 3.22. The van der Waals surface area contributed by atoms with Crippen molar-refractivity contribution in [1.82, 2.24) is 20.0 Å². The van der Waals surface area contributed by atoms with Crippen LogP contribution >= 0.6 is 0 Å². The molecule has 1 saturated heterocycles. The molecule has 0 spiro atoms. The lowest BCUT2D eigenvalue weighted by atomic mass is 10.1. The Labute approximate surface area is 191 Å². The van der Waals surface area contributed by atoms with Gasteiger partial charge < -0.3 is 15.4 Å². The van der Waals surface area contributed by atoms with Crippen molar-refractivity contribution in [3.8, 4) is 17.0 Å². The van der Waals surface area contributed by atoms with Crippen molar-refractivity contribution in [2.24, 2.45) is 7.05 Å². The van der Waals surface area contributed by atoms with Crippen LogP contribution in [0.5, 0.6) is 5.75 Å². The van der Waals surface area contributed by atoms with E-state index in [0.29, 0.717) is 48.8 Å². The topological polar surface area (TPSA) is 88.5 Å². The Morgan fingerprint density at radius 1 is 1.24 bits per heavy atom. The van der Waals surface area contributed by atoms with Crippen LogP contribution in [0, 0.1) is 12.7 Å². The number of piperazine rings is 1. The van der Waals surface area contributed by atoms with E-state index in [1.54, 1.807) is 29.9 Å². The SMILES string of the molecule is Cc1cc(C(=O)Nc2ccc(OCCN3CCNC(=O)C3)c(-c3ccnn3C)c2)ccc1F. The fraction of sp³-hybridized carbons (Fsp3) is 0.292. The summed E-state index contributed by atoms with van der Waals surface area (Å²) in [5.41, 5.74) is 2.98. The van der Waals surface area contributed by atoms with Gasteiger partial charge in [0.25, 0.3) is 5.91 Å². The molecule has 0 radical (unpaired) electrons. The van der Waals surface area contributed by atoms with E-state index in [-0.39, 0.29) is 17.6 Å². The van der Waals surface area contributed by atoms with Crippen molar-refractivity contribution in [3.05, 3.63) is 65.6 Å². The second-order valence-corrected chi connectivity index (χ2v) is 7.94. The number of halogens is 1. The lowest BCUT2D eigenvalue weighted by Crippen LogP contribution is -2.48. The van der Waals surface area contributed by atoms with Gasteiger partial charge in [-0.2, -0.15) is 5.10 Å². The molecule has 2 heterocycles. The first kappa shape index (κ1) is 22.5. The Bertz CT molecular complexity index is 1180. The van der Waals surface area contributed by atoms with Crippen LogP contribution < -0.4 is 15.4 Å². The van der Waals surface area contributed by atoms with Crippen LogP contribution in [0.2, 0.25) is 0 Å². The van der Waals surface area contributed by atoms with Gasteiger partial charge in [-0.25, -0.2) is 4.39 Å². The number of nitrogens with one attached hydrogen (secondary N) is 2. The minimum Gasteiger partial charge on any atom is -0.492 e. The highest BCUT2D eigenvalue weighted by atomic mass is 19.1. The monoisotopic (exact) mass is 451 g/mol. The first-order chi connectivity index (χ1) is 15.9. The van der Waals surface area contributed by atoms with Gasteiger partial charge in [-0.1, -0.05) is 0 Å². The van der Waals surface area contributed by atoms with Gasteiger partial charge in [0.15, 0.2) is 0 Å². The second kappa shape index (κ2) is 9.83. The molecular formula is C24H26FN5O3. The van der Waals surface area contributed by atoms with E-state index in [4.69, 9.17) is 4.74 Å². The molecule has 172 valence electrons. The summed E-state index contributed by atoms with van der Waals surface area (Å²) in [6.45, 7) is 4.46. The van der Waals surface area contributed by atoms with Crippen LogP contribution in [-0.2, 0) is 11.8 Å². The summed E-state index contributed by atoms with van der Waals surface area (Å²) < 4.78 is 21.3. The zero-order chi connectivity index (χ0) is 23.4. The van der Waals surface area contributed by atoms with E-state index >= 15 is 0 Å². The Morgan fingerprint density at radius 2 is 2.09 bits per heavy atom. The molecule has 0 unspecified atom stereocenters. The zero-order valence-electron chi connectivity index (χ0n) is 18.6. The van der Waals surface area contributed by atoms with Crippen LogP contribution in [0.1, 0.15) is 15.9 Å². The number of hydrogen-bond donors (Lipinski definition) is 2. The summed E-state index contributed by atoms with van der Waals surface area (Å²) in [5.74, 6) is -0.00761. The highest BCUT2D eigenvalue weighted by Gasteiger charge is 2.17. The minimum absolute atomic E-state index is 0.0215. The number of carbonyl (C=O) groups is 2. The molecule has 1 aliphatic heterocycles. The summed E-state index contributed by atoms with van der Waals surface area (Å²) in [5, 5.41) is 9.91. The summed E-state index contributed by atoms with van der Waals surface area (Å²) in [6, 6.07) is 11.5. The van der Waals surface area contributed by atoms with E-state index in [1.165, 1.54) is 18.2 Å². The highest BCUT2D eigenvalue weighted by Crippen LogP contribution is 2.32. The second-order valence-electron chi connectivity index (χ2n) is 7.94. The molecule has 1 aromatic heterocycles. The molecular weight excluding hydrogens is 425 g/mol. The maximum Gasteiger partial charge on any atom is 0.255 e. The van der Waals surface area contributed by atoms with E-state index in [0.717, 1.165) is 17.8 Å². The van der Waals surface area contributed by atoms with Crippen LogP contribution in [0.4, 0.5) is 10.1 Å². The number of aryl methyl sites for hydroxylation is 2.